The average Bonchev–Trinajstić information content (AvgIpc) is 2.73. The smallest absolute Gasteiger partial charge is 0.280 e. The average molecular weight is 427 g/mol. The molecule has 0 saturated carbocycles. The van der Waals surface area contributed by atoms with Crippen LogP contribution in [0.25, 0.3) is 0 Å². The summed E-state index contributed by atoms with van der Waals surface area (Å²) in [6, 6.07) is 20.6. The minimum atomic E-state index is -4.64. The summed E-state index contributed by atoms with van der Waals surface area (Å²) in [5, 5.41) is 9.23. The zero-order chi connectivity index (χ0) is 21.7. The first-order chi connectivity index (χ1) is 14.3. The molecule has 0 spiro atoms. The van der Waals surface area contributed by atoms with Crippen molar-refractivity contribution in [3.05, 3.63) is 83.6 Å². The molecule has 0 fully saturated rings. The third-order valence-corrected chi connectivity index (χ3v) is 5.16. The lowest BCUT2D eigenvalue weighted by molar-refractivity contribution is -0.141. The molecule has 2 aromatic carbocycles. The molecule has 3 aromatic rings. The largest absolute Gasteiger partial charge is 0.433 e. The predicted molar refractivity (Wildman–Crippen MR) is 109 cm³/mol. The van der Waals surface area contributed by atoms with Crippen LogP contribution >= 0.6 is 11.8 Å². The fourth-order valence-electron chi connectivity index (χ4n) is 2.81. The maximum absolute atomic E-state index is 13.1. The molecule has 3 rings (SSSR count). The van der Waals surface area contributed by atoms with E-state index in [9.17, 15) is 23.2 Å². The van der Waals surface area contributed by atoms with Crippen LogP contribution in [0.4, 0.5) is 24.5 Å². The normalized spacial score (nSPS) is 11.0. The summed E-state index contributed by atoms with van der Waals surface area (Å²) < 4.78 is 39.4. The second-order valence-corrected chi connectivity index (χ2v) is 7.27. The number of carbonyl (C=O) groups is 1. The fourth-order valence-corrected chi connectivity index (χ4v) is 3.72. The fraction of sp³-hybridized carbons (Fsp3) is 0.136. The highest BCUT2D eigenvalue weighted by Crippen LogP contribution is 2.33. The number of halogens is 3. The lowest BCUT2D eigenvalue weighted by Crippen LogP contribution is -2.27. The van der Waals surface area contributed by atoms with Crippen LogP contribution in [-0.2, 0) is 11.0 Å². The highest BCUT2D eigenvalue weighted by atomic mass is 32.2. The number of rotatable bonds is 5. The molecule has 0 bridgehead atoms. The molecule has 1 aromatic heterocycles. The number of anilines is 2. The Balaban J connectivity index is 1.91. The van der Waals surface area contributed by atoms with Gasteiger partial charge in [0.1, 0.15) is 16.8 Å². The number of nitriles is 1. The lowest BCUT2D eigenvalue weighted by Gasteiger charge is -2.23. The van der Waals surface area contributed by atoms with Gasteiger partial charge in [0.05, 0.1) is 11.3 Å². The van der Waals surface area contributed by atoms with Crippen LogP contribution in [-0.4, -0.2) is 16.6 Å². The molecule has 0 unspecified atom stereocenters. The molecular formula is C22H16F3N3OS. The topological polar surface area (TPSA) is 57.0 Å². The molecule has 0 atom stereocenters. The Bertz CT molecular complexity index is 1040. The zero-order valence-electron chi connectivity index (χ0n) is 15.8. The quantitative estimate of drug-likeness (QED) is 0.488. The number of aromatic nitrogens is 1. The highest BCUT2D eigenvalue weighted by molar-refractivity contribution is 8.00. The number of hydrogen-bond donors (Lipinski definition) is 0. The van der Waals surface area contributed by atoms with Crippen molar-refractivity contribution < 1.29 is 18.0 Å². The van der Waals surface area contributed by atoms with E-state index in [2.05, 4.69) is 4.98 Å². The molecular weight excluding hydrogens is 411 g/mol. The number of nitrogens with zero attached hydrogens (tertiary/aromatic N) is 3. The molecule has 8 heteroatoms. The lowest BCUT2D eigenvalue weighted by atomic mass is 10.1. The Morgan fingerprint density at radius 1 is 1.07 bits per heavy atom. The standard InChI is InChI=1S/C22H16F3N3OS/c1-15-12-19(22(23,24)25)27-21(18(15)13-26)30-14-20(29)28(16-8-4-2-5-9-16)17-10-6-3-7-11-17/h2-12H,14H2,1H3. The van der Waals surface area contributed by atoms with E-state index >= 15 is 0 Å². The van der Waals surface area contributed by atoms with Crippen LogP contribution in [0.2, 0.25) is 0 Å². The van der Waals surface area contributed by atoms with Crippen LogP contribution in [0.3, 0.4) is 0 Å². The number of thioether (sulfide) groups is 1. The molecule has 0 aliphatic carbocycles. The SMILES string of the molecule is Cc1cc(C(F)(F)F)nc(SCC(=O)N(c2ccccc2)c2ccccc2)c1C#N. The summed E-state index contributed by atoms with van der Waals surface area (Å²) in [6.07, 6.45) is -4.64. The molecule has 0 aliphatic rings. The van der Waals surface area contributed by atoms with Gasteiger partial charge in [-0.2, -0.15) is 18.4 Å². The van der Waals surface area contributed by atoms with Crippen LogP contribution in [0, 0.1) is 18.3 Å². The van der Waals surface area contributed by atoms with Crippen molar-refractivity contribution in [1.82, 2.24) is 4.98 Å². The van der Waals surface area contributed by atoms with Crippen molar-refractivity contribution in [1.29, 1.82) is 5.26 Å². The molecule has 30 heavy (non-hydrogen) atoms. The van der Waals surface area contributed by atoms with E-state index in [0.717, 1.165) is 17.8 Å². The van der Waals surface area contributed by atoms with Gasteiger partial charge in [-0.1, -0.05) is 48.2 Å². The first kappa shape index (κ1) is 21.4. The molecule has 1 heterocycles. The van der Waals surface area contributed by atoms with Gasteiger partial charge < -0.3 is 0 Å². The Hall–Kier alpha value is -3.31. The van der Waals surface area contributed by atoms with Gasteiger partial charge in [0.25, 0.3) is 0 Å². The number of para-hydroxylation sites is 2. The summed E-state index contributed by atoms with van der Waals surface area (Å²) in [5.41, 5.74) is 0.368. The monoisotopic (exact) mass is 427 g/mol. The summed E-state index contributed by atoms with van der Waals surface area (Å²) in [4.78, 5) is 18.1. The highest BCUT2D eigenvalue weighted by Gasteiger charge is 2.34. The van der Waals surface area contributed by atoms with E-state index in [1.807, 2.05) is 18.2 Å². The zero-order valence-corrected chi connectivity index (χ0v) is 16.7. The van der Waals surface area contributed by atoms with Gasteiger partial charge in [0.15, 0.2) is 0 Å². The molecule has 0 radical (unpaired) electrons. The summed E-state index contributed by atoms with van der Waals surface area (Å²) >= 11 is 0.817. The molecule has 0 aliphatic heterocycles. The number of benzene rings is 2. The number of alkyl halides is 3. The molecule has 0 N–H and O–H groups in total. The van der Waals surface area contributed by atoms with Crippen molar-refractivity contribution in [2.24, 2.45) is 0 Å². The van der Waals surface area contributed by atoms with Crippen molar-refractivity contribution in [2.75, 3.05) is 10.7 Å². The Morgan fingerprint density at radius 3 is 2.07 bits per heavy atom. The molecule has 0 saturated heterocycles. The second kappa shape index (κ2) is 9.01. The second-order valence-electron chi connectivity index (χ2n) is 6.30. The van der Waals surface area contributed by atoms with E-state index in [0.29, 0.717) is 11.4 Å². The van der Waals surface area contributed by atoms with Gasteiger partial charge in [0.2, 0.25) is 5.91 Å². The van der Waals surface area contributed by atoms with Gasteiger partial charge >= 0.3 is 6.18 Å². The number of carbonyl (C=O) groups excluding carboxylic acids is 1. The number of amides is 1. The van der Waals surface area contributed by atoms with Crippen molar-refractivity contribution in [3.63, 3.8) is 0 Å². The van der Waals surface area contributed by atoms with Crippen LogP contribution < -0.4 is 4.90 Å². The van der Waals surface area contributed by atoms with E-state index in [1.54, 1.807) is 48.5 Å². The van der Waals surface area contributed by atoms with Crippen LogP contribution in [0.5, 0.6) is 0 Å². The Labute approximate surface area is 176 Å². The van der Waals surface area contributed by atoms with E-state index < -0.39 is 11.9 Å². The van der Waals surface area contributed by atoms with Gasteiger partial charge in [-0.3, -0.25) is 9.69 Å². The minimum Gasteiger partial charge on any atom is -0.280 e. The first-order valence-corrected chi connectivity index (χ1v) is 9.84. The van der Waals surface area contributed by atoms with Gasteiger partial charge in [-0.25, -0.2) is 4.98 Å². The van der Waals surface area contributed by atoms with Crippen molar-refractivity contribution >= 4 is 29.0 Å². The van der Waals surface area contributed by atoms with Gasteiger partial charge in [-0.05, 0) is 42.8 Å². The number of pyridine rings is 1. The summed E-state index contributed by atoms with van der Waals surface area (Å²) in [6.45, 7) is 1.42. The Morgan fingerprint density at radius 2 is 1.60 bits per heavy atom. The van der Waals surface area contributed by atoms with E-state index in [-0.39, 0.29) is 27.8 Å². The van der Waals surface area contributed by atoms with Crippen LogP contribution in [0.1, 0.15) is 16.8 Å². The summed E-state index contributed by atoms with van der Waals surface area (Å²) in [7, 11) is 0. The Kier molecular flexibility index (Phi) is 6.43. The van der Waals surface area contributed by atoms with E-state index in [4.69, 9.17) is 0 Å². The first-order valence-electron chi connectivity index (χ1n) is 8.86. The summed E-state index contributed by atoms with van der Waals surface area (Å²) in [5.74, 6) is -0.537. The molecule has 4 nitrogen and oxygen atoms in total. The van der Waals surface area contributed by atoms with Gasteiger partial charge in [0, 0.05) is 11.4 Å². The molecule has 1 amide bonds. The van der Waals surface area contributed by atoms with Crippen molar-refractivity contribution in [3.8, 4) is 6.07 Å². The van der Waals surface area contributed by atoms with Crippen LogP contribution in [0.15, 0.2) is 71.8 Å². The van der Waals surface area contributed by atoms with E-state index in [1.165, 1.54) is 11.8 Å². The van der Waals surface area contributed by atoms with Gasteiger partial charge in [-0.15, -0.1) is 0 Å². The maximum Gasteiger partial charge on any atom is 0.433 e. The molecule has 152 valence electrons. The predicted octanol–water partition coefficient (Wildman–Crippen LogP) is 5.74. The number of hydrogen-bond acceptors (Lipinski definition) is 4. The third-order valence-electron chi connectivity index (χ3n) is 4.20. The minimum absolute atomic E-state index is 0.0340. The number of aryl methyl sites for hydroxylation is 1. The third kappa shape index (κ3) is 4.81. The van der Waals surface area contributed by atoms with Crippen molar-refractivity contribution in [2.45, 2.75) is 18.1 Å². The maximum atomic E-state index is 13.1.